The molecule has 0 bridgehead atoms. The number of hydrogen-bond acceptors (Lipinski definition) is 7. The molecule has 1 aliphatic heterocycles. The summed E-state index contributed by atoms with van der Waals surface area (Å²) in [7, 11) is 3.18. The largest absolute Gasteiger partial charge is 0.493 e. The van der Waals surface area contributed by atoms with Gasteiger partial charge in [-0.15, -0.1) is 0 Å². The summed E-state index contributed by atoms with van der Waals surface area (Å²) < 4.78 is 18.4. The Morgan fingerprint density at radius 1 is 0.896 bits per heavy atom. The lowest BCUT2D eigenvalue weighted by Gasteiger charge is -2.23. The van der Waals surface area contributed by atoms with Crippen molar-refractivity contribution in [1.82, 2.24) is 9.55 Å². The number of ketones is 1. The highest BCUT2D eigenvalue weighted by atomic mass is 35.5. The second kappa shape index (κ2) is 14.5. The summed E-state index contributed by atoms with van der Waals surface area (Å²) in [6.45, 7) is 4.15. The number of halogens is 1. The van der Waals surface area contributed by atoms with E-state index in [9.17, 15) is 9.59 Å². The van der Waals surface area contributed by atoms with Gasteiger partial charge in [0.15, 0.2) is 22.7 Å². The summed E-state index contributed by atoms with van der Waals surface area (Å²) >= 11 is 6.80. The molecule has 3 aromatic carbocycles. The number of aryl methyl sites for hydroxylation is 1. The smallest absolute Gasteiger partial charge is 0.200 e. The van der Waals surface area contributed by atoms with Crippen LogP contribution in [-0.4, -0.2) is 42.8 Å². The van der Waals surface area contributed by atoms with Crippen LogP contribution in [0.4, 0.5) is 5.82 Å². The van der Waals surface area contributed by atoms with Gasteiger partial charge < -0.3 is 24.5 Å². The topological polar surface area (TPSA) is 106 Å². The zero-order valence-corrected chi connectivity index (χ0v) is 28.0. The molecular weight excluding hydrogens is 626 g/mol. The fourth-order valence-corrected chi connectivity index (χ4v) is 6.36. The molecule has 9 heteroatoms. The van der Waals surface area contributed by atoms with Crippen LogP contribution in [0, 0.1) is 12.8 Å². The number of ether oxygens (including phenoxy) is 3. The maximum absolute atomic E-state index is 13.8. The van der Waals surface area contributed by atoms with Gasteiger partial charge in [-0.3, -0.25) is 9.59 Å². The number of aromatic nitrogens is 2. The third kappa shape index (κ3) is 7.15. The maximum atomic E-state index is 13.8. The summed E-state index contributed by atoms with van der Waals surface area (Å²) in [4.78, 5) is 32.1. The van der Waals surface area contributed by atoms with Crippen LogP contribution >= 0.6 is 11.6 Å². The highest BCUT2D eigenvalue weighted by Crippen LogP contribution is 2.36. The van der Waals surface area contributed by atoms with Crippen molar-refractivity contribution in [2.24, 2.45) is 5.92 Å². The van der Waals surface area contributed by atoms with E-state index in [0.29, 0.717) is 51.5 Å². The first-order valence-electron chi connectivity index (χ1n) is 15.9. The molecule has 5 aromatic rings. The molecule has 0 spiro atoms. The van der Waals surface area contributed by atoms with Gasteiger partial charge in [0.2, 0.25) is 0 Å². The number of anilines is 1. The molecule has 8 nitrogen and oxygen atoms in total. The fraction of sp³-hybridized carbons (Fsp3) is 0.256. The van der Waals surface area contributed by atoms with Crippen LogP contribution in [0.15, 0.2) is 90.1 Å². The highest BCUT2D eigenvalue weighted by molar-refractivity contribution is 6.32. The number of nitrogen functional groups attached to an aromatic ring is 1. The molecule has 0 amide bonds. The lowest BCUT2D eigenvalue weighted by atomic mass is 9.96. The van der Waals surface area contributed by atoms with Crippen molar-refractivity contribution in [2.45, 2.75) is 32.7 Å². The molecule has 246 valence electrons. The molecule has 2 aromatic heterocycles. The Hall–Kier alpha value is -4.92. The standard InChI is InChI=1S/C39H38ClN3O5/c1-24-4-6-26(7-5-24)32-22-43(21-25-12-14-48-15-13-25)23-33(38(32)45)35(44)18-29-9-8-28(17-34(29)40)31-16-30(20-42-39(31)41)27-10-11-36(46-2)37(19-27)47-3/h4-11,16-17,19-20,22-23,25H,12-15,18,21H2,1-3H3,(H2,41,42). The Kier molecular flexibility index (Phi) is 9.94. The van der Waals surface area contributed by atoms with Crippen LogP contribution in [0.1, 0.15) is 34.3 Å². The van der Waals surface area contributed by atoms with Crippen LogP contribution in [0.25, 0.3) is 33.4 Å². The maximum Gasteiger partial charge on any atom is 0.200 e. The molecular formula is C39H38ClN3O5. The van der Waals surface area contributed by atoms with Gasteiger partial charge in [-0.1, -0.05) is 59.6 Å². The fourth-order valence-electron chi connectivity index (χ4n) is 6.11. The van der Waals surface area contributed by atoms with Gasteiger partial charge in [0.1, 0.15) is 5.82 Å². The van der Waals surface area contributed by atoms with Gasteiger partial charge in [-0.05, 0) is 72.2 Å². The minimum Gasteiger partial charge on any atom is -0.493 e. The Balaban J connectivity index is 1.29. The number of nitrogens with zero attached hydrogens (tertiary/aromatic N) is 2. The Morgan fingerprint density at radius 2 is 1.60 bits per heavy atom. The molecule has 6 rings (SSSR count). The van der Waals surface area contributed by atoms with Crippen molar-refractivity contribution in [3.05, 3.63) is 117 Å². The van der Waals surface area contributed by atoms with E-state index in [1.165, 1.54) is 0 Å². The molecule has 0 atom stereocenters. The van der Waals surface area contributed by atoms with Gasteiger partial charge >= 0.3 is 0 Å². The van der Waals surface area contributed by atoms with Crippen molar-refractivity contribution in [3.63, 3.8) is 0 Å². The number of rotatable bonds is 10. The average molecular weight is 664 g/mol. The number of carbonyl (C=O) groups excluding carboxylic acids is 1. The number of benzene rings is 3. The van der Waals surface area contributed by atoms with Crippen LogP contribution < -0.4 is 20.6 Å². The van der Waals surface area contributed by atoms with Crippen LogP contribution in [-0.2, 0) is 17.7 Å². The van der Waals surface area contributed by atoms with Crippen LogP contribution in [0.2, 0.25) is 5.02 Å². The summed E-state index contributed by atoms with van der Waals surface area (Å²) in [6, 6.07) is 20.8. The second-order valence-electron chi connectivity index (χ2n) is 12.2. The van der Waals surface area contributed by atoms with Gasteiger partial charge in [0.05, 0.1) is 19.8 Å². The molecule has 0 radical (unpaired) electrons. The minimum atomic E-state index is -0.291. The predicted octanol–water partition coefficient (Wildman–Crippen LogP) is 7.66. The molecule has 3 heterocycles. The monoisotopic (exact) mass is 663 g/mol. The van der Waals surface area contributed by atoms with Gasteiger partial charge in [-0.2, -0.15) is 0 Å². The molecule has 1 fully saturated rings. The summed E-state index contributed by atoms with van der Waals surface area (Å²) in [5, 5.41) is 0.397. The number of Topliss-reactive ketones (excluding diaryl/α,β-unsaturated/α-hetero) is 1. The molecule has 1 aliphatic rings. The molecule has 2 N–H and O–H groups in total. The van der Waals surface area contributed by atoms with Gasteiger partial charge in [0.25, 0.3) is 0 Å². The van der Waals surface area contributed by atoms with E-state index in [2.05, 4.69) is 4.98 Å². The lowest BCUT2D eigenvalue weighted by Crippen LogP contribution is -2.25. The first-order valence-corrected chi connectivity index (χ1v) is 16.3. The molecule has 0 unspecified atom stereocenters. The highest BCUT2D eigenvalue weighted by Gasteiger charge is 2.21. The van der Waals surface area contributed by atoms with Gasteiger partial charge in [-0.25, -0.2) is 4.98 Å². The zero-order chi connectivity index (χ0) is 33.8. The van der Waals surface area contributed by atoms with E-state index in [1.54, 1.807) is 32.7 Å². The zero-order valence-electron chi connectivity index (χ0n) is 27.3. The number of nitrogens with two attached hydrogens (primary N) is 1. The van der Waals surface area contributed by atoms with Crippen molar-refractivity contribution in [1.29, 1.82) is 0 Å². The van der Waals surface area contributed by atoms with E-state index in [4.69, 9.17) is 31.5 Å². The quantitative estimate of drug-likeness (QED) is 0.153. The number of methoxy groups -OCH3 is 2. The SMILES string of the molecule is COc1ccc(-c2cnc(N)c(-c3ccc(CC(=O)c4cn(CC5CCOCC5)cc(-c5ccc(C)cc5)c4=O)c(Cl)c3)c2)cc1OC. The molecule has 0 saturated carbocycles. The molecule has 48 heavy (non-hydrogen) atoms. The number of pyridine rings is 2. The number of carbonyl (C=O) groups is 1. The molecule has 1 saturated heterocycles. The molecule has 0 aliphatic carbocycles. The lowest BCUT2D eigenvalue weighted by molar-refractivity contribution is 0.0612. The average Bonchev–Trinajstić information content (AvgIpc) is 3.10. The third-order valence-electron chi connectivity index (χ3n) is 8.90. The Labute approximate surface area is 285 Å². The van der Waals surface area contributed by atoms with Crippen LogP contribution in [0.5, 0.6) is 11.5 Å². The van der Waals surface area contributed by atoms with E-state index < -0.39 is 0 Å². The first-order chi connectivity index (χ1) is 23.2. The van der Waals surface area contributed by atoms with Crippen molar-refractivity contribution in [2.75, 3.05) is 33.2 Å². The van der Waals surface area contributed by atoms with Crippen molar-refractivity contribution >= 4 is 23.2 Å². The van der Waals surface area contributed by atoms with Crippen LogP contribution in [0.3, 0.4) is 0 Å². The van der Waals surface area contributed by atoms with E-state index in [-0.39, 0.29) is 23.2 Å². The minimum absolute atomic E-state index is 0.0254. The first kappa shape index (κ1) is 33.0. The Bertz CT molecular complexity index is 2020. The van der Waals surface area contributed by atoms with E-state index in [0.717, 1.165) is 53.9 Å². The third-order valence-corrected chi connectivity index (χ3v) is 9.25. The normalized spacial score (nSPS) is 13.3. The summed E-state index contributed by atoms with van der Waals surface area (Å²) in [5.41, 5.74) is 12.3. The van der Waals surface area contributed by atoms with E-state index >= 15 is 0 Å². The van der Waals surface area contributed by atoms with E-state index in [1.807, 2.05) is 78.4 Å². The van der Waals surface area contributed by atoms with Crippen molar-refractivity contribution in [3.8, 4) is 44.9 Å². The second-order valence-corrected chi connectivity index (χ2v) is 12.6. The van der Waals surface area contributed by atoms with Crippen molar-refractivity contribution < 1.29 is 19.0 Å². The van der Waals surface area contributed by atoms with Gasteiger partial charge in [0, 0.05) is 66.5 Å². The predicted molar refractivity (Wildman–Crippen MR) is 190 cm³/mol. The summed E-state index contributed by atoms with van der Waals surface area (Å²) in [6.07, 6.45) is 7.13. The number of hydrogen-bond donors (Lipinski definition) is 1. The summed E-state index contributed by atoms with van der Waals surface area (Å²) in [5.74, 6) is 1.69. The Morgan fingerprint density at radius 3 is 2.31 bits per heavy atom.